The average molecular weight is 427 g/mol. The first-order valence-electron chi connectivity index (χ1n) is 8.93. The summed E-state index contributed by atoms with van der Waals surface area (Å²) in [7, 11) is 0. The third-order valence-corrected chi connectivity index (χ3v) is 5.29. The molecule has 2 unspecified atom stereocenters. The molecule has 28 heavy (non-hydrogen) atoms. The van der Waals surface area contributed by atoms with E-state index in [1.54, 1.807) is 36.4 Å². The molecule has 2 heterocycles. The van der Waals surface area contributed by atoms with Gasteiger partial charge in [0.1, 0.15) is 24.4 Å². The molecular weight excluding hydrogens is 407 g/mol. The van der Waals surface area contributed by atoms with Gasteiger partial charge in [-0.25, -0.2) is 0 Å². The number of halogens is 2. The van der Waals surface area contributed by atoms with Crippen molar-refractivity contribution in [1.82, 2.24) is 0 Å². The first-order chi connectivity index (χ1) is 13.6. The van der Waals surface area contributed by atoms with E-state index in [2.05, 4.69) is 0 Å². The van der Waals surface area contributed by atoms with E-state index in [1.165, 1.54) is 0 Å². The fraction of sp³-hybridized carbons (Fsp3) is 0.400. The van der Waals surface area contributed by atoms with Gasteiger partial charge in [-0.15, -0.1) is 0 Å². The minimum atomic E-state index is -0.700. The second-order valence-corrected chi connectivity index (χ2v) is 7.56. The third kappa shape index (κ3) is 4.06. The number of ether oxygens (including phenoxy) is 4. The van der Waals surface area contributed by atoms with Gasteiger partial charge in [0, 0.05) is 21.2 Å². The van der Waals surface area contributed by atoms with Crippen LogP contribution < -0.4 is 0 Å². The number of hydrogen-bond acceptors (Lipinski definition) is 6. The lowest BCUT2D eigenvalue weighted by Gasteiger charge is -2.23. The van der Waals surface area contributed by atoms with E-state index < -0.39 is 37.0 Å². The third-order valence-electron chi connectivity index (χ3n) is 4.82. The number of rotatable bonds is 5. The molecule has 2 aromatic carbocycles. The maximum absolute atomic E-state index is 9.79. The van der Waals surface area contributed by atoms with Crippen molar-refractivity contribution in [2.24, 2.45) is 0 Å². The smallest absolute Gasteiger partial charge is 0.185 e. The molecular formula is C20H20Cl2O6. The molecule has 2 saturated heterocycles. The molecule has 0 saturated carbocycles. The van der Waals surface area contributed by atoms with Crippen LogP contribution >= 0.6 is 23.2 Å². The summed E-state index contributed by atoms with van der Waals surface area (Å²) in [4.78, 5) is 0. The van der Waals surface area contributed by atoms with E-state index in [9.17, 15) is 10.2 Å². The van der Waals surface area contributed by atoms with Gasteiger partial charge in [-0.2, -0.15) is 0 Å². The normalized spacial score (nSPS) is 32.7. The molecule has 2 fully saturated rings. The molecule has 0 bridgehead atoms. The summed E-state index contributed by atoms with van der Waals surface area (Å²) in [5.74, 6) is 0. The van der Waals surface area contributed by atoms with Crippen LogP contribution in [0.15, 0.2) is 48.5 Å². The Hall–Kier alpha value is -1.22. The zero-order valence-electron chi connectivity index (χ0n) is 14.8. The molecule has 2 aliphatic rings. The lowest BCUT2D eigenvalue weighted by molar-refractivity contribution is -0.107. The van der Waals surface area contributed by atoms with E-state index in [-0.39, 0.29) is 13.2 Å². The van der Waals surface area contributed by atoms with Crippen LogP contribution in [0.3, 0.4) is 0 Å². The molecule has 2 aliphatic heterocycles. The van der Waals surface area contributed by atoms with Crippen LogP contribution in [0.1, 0.15) is 23.7 Å². The summed E-state index contributed by atoms with van der Waals surface area (Å²) >= 11 is 12.1. The van der Waals surface area contributed by atoms with Gasteiger partial charge in [0.25, 0.3) is 0 Å². The Bertz CT molecular complexity index is 751. The standard InChI is InChI=1S/C20H20Cl2O6/c21-13-5-1-3-11(7-13)19-25-15(9-23)17(27-19)18-16(10-24)26-20(28-18)12-4-2-6-14(22)8-12/h1-8,15-20,23-24H,9-10H2/t15-,16+,17-,18-,19?,20?/m0/s1. The van der Waals surface area contributed by atoms with Crippen LogP contribution in [-0.2, 0) is 18.9 Å². The second-order valence-electron chi connectivity index (χ2n) is 6.69. The highest BCUT2D eigenvalue weighted by molar-refractivity contribution is 6.30. The first-order valence-corrected chi connectivity index (χ1v) is 9.69. The summed E-state index contributed by atoms with van der Waals surface area (Å²) in [5.41, 5.74) is 1.47. The van der Waals surface area contributed by atoms with Gasteiger partial charge in [0.15, 0.2) is 12.6 Å². The summed E-state index contributed by atoms with van der Waals surface area (Å²) in [6, 6.07) is 14.3. The maximum Gasteiger partial charge on any atom is 0.185 e. The minimum absolute atomic E-state index is 0.262. The predicted molar refractivity (Wildman–Crippen MR) is 102 cm³/mol. The molecule has 8 heteroatoms. The highest BCUT2D eigenvalue weighted by atomic mass is 35.5. The Labute approximate surface area is 172 Å². The average Bonchev–Trinajstić information content (AvgIpc) is 3.32. The van der Waals surface area contributed by atoms with Gasteiger partial charge in [-0.1, -0.05) is 47.5 Å². The van der Waals surface area contributed by atoms with Gasteiger partial charge in [0.05, 0.1) is 13.2 Å². The number of hydrogen-bond donors (Lipinski definition) is 2. The molecule has 0 aliphatic carbocycles. The molecule has 0 aromatic heterocycles. The van der Waals surface area contributed by atoms with Crippen LogP contribution in [-0.4, -0.2) is 47.8 Å². The van der Waals surface area contributed by atoms with Gasteiger partial charge >= 0.3 is 0 Å². The molecule has 6 nitrogen and oxygen atoms in total. The summed E-state index contributed by atoms with van der Waals surface area (Å²) < 4.78 is 23.8. The Balaban J connectivity index is 1.54. The van der Waals surface area contributed by atoms with Crippen LogP contribution in [0.5, 0.6) is 0 Å². The lowest BCUT2D eigenvalue weighted by Crippen LogP contribution is -2.44. The highest BCUT2D eigenvalue weighted by Gasteiger charge is 2.49. The van der Waals surface area contributed by atoms with E-state index in [1.807, 2.05) is 12.1 Å². The summed E-state index contributed by atoms with van der Waals surface area (Å²) in [6.07, 6.45) is -3.93. The molecule has 2 N–H and O–H groups in total. The molecule has 0 radical (unpaired) electrons. The van der Waals surface area contributed by atoms with Crippen LogP contribution in [0.25, 0.3) is 0 Å². The zero-order valence-corrected chi connectivity index (χ0v) is 16.3. The topological polar surface area (TPSA) is 77.4 Å². The molecule has 2 aromatic rings. The van der Waals surface area contributed by atoms with Crippen molar-refractivity contribution >= 4 is 23.2 Å². The summed E-state index contributed by atoms with van der Waals surface area (Å²) in [5, 5.41) is 20.7. The first kappa shape index (κ1) is 20.1. The summed E-state index contributed by atoms with van der Waals surface area (Å²) in [6.45, 7) is -0.525. The van der Waals surface area contributed by atoms with Crippen molar-refractivity contribution in [1.29, 1.82) is 0 Å². The number of aliphatic hydroxyl groups excluding tert-OH is 2. The van der Waals surface area contributed by atoms with Crippen molar-refractivity contribution < 1.29 is 29.2 Å². The molecule has 0 amide bonds. The van der Waals surface area contributed by atoms with Gasteiger partial charge in [-0.05, 0) is 24.3 Å². The van der Waals surface area contributed by atoms with Crippen molar-refractivity contribution in [3.63, 3.8) is 0 Å². The van der Waals surface area contributed by atoms with Gasteiger partial charge < -0.3 is 29.2 Å². The minimum Gasteiger partial charge on any atom is -0.394 e. The number of benzene rings is 2. The quantitative estimate of drug-likeness (QED) is 0.763. The fourth-order valence-electron chi connectivity index (χ4n) is 3.49. The van der Waals surface area contributed by atoms with E-state index in [0.717, 1.165) is 11.1 Å². The largest absolute Gasteiger partial charge is 0.394 e. The lowest BCUT2D eigenvalue weighted by atomic mass is 10.0. The SMILES string of the molecule is OC[C@@H]1OC(c2cccc(Cl)c2)O[C@@H]1[C@H]1OC(c2cccc(Cl)c2)O[C@@H]1CO. The monoisotopic (exact) mass is 426 g/mol. The molecule has 4 rings (SSSR count). The number of aliphatic hydroxyl groups is 2. The Morgan fingerprint density at radius 3 is 1.46 bits per heavy atom. The van der Waals surface area contributed by atoms with Crippen LogP contribution in [0, 0.1) is 0 Å². The molecule has 150 valence electrons. The van der Waals surface area contributed by atoms with Crippen molar-refractivity contribution in [3.8, 4) is 0 Å². The Morgan fingerprint density at radius 2 is 1.11 bits per heavy atom. The van der Waals surface area contributed by atoms with Gasteiger partial charge in [0.2, 0.25) is 0 Å². The molecule has 0 spiro atoms. The fourth-order valence-corrected chi connectivity index (χ4v) is 3.89. The van der Waals surface area contributed by atoms with Crippen molar-refractivity contribution in [3.05, 3.63) is 69.7 Å². The van der Waals surface area contributed by atoms with E-state index in [0.29, 0.717) is 10.0 Å². The van der Waals surface area contributed by atoms with Crippen molar-refractivity contribution in [2.45, 2.75) is 37.0 Å². The van der Waals surface area contributed by atoms with E-state index in [4.69, 9.17) is 42.1 Å². The Kier molecular flexibility index (Phi) is 6.20. The second kappa shape index (κ2) is 8.65. The predicted octanol–water partition coefficient (Wildman–Crippen LogP) is 3.24. The maximum atomic E-state index is 9.79. The highest BCUT2D eigenvalue weighted by Crippen LogP contribution is 2.40. The zero-order chi connectivity index (χ0) is 19.7. The van der Waals surface area contributed by atoms with Gasteiger partial charge in [-0.3, -0.25) is 0 Å². The molecule has 6 atom stereocenters. The Morgan fingerprint density at radius 1 is 0.679 bits per heavy atom. The van der Waals surface area contributed by atoms with Crippen molar-refractivity contribution in [2.75, 3.05) is 13.2 Å². The van der Waals surface area contributed by atoms with E-state index >= 15 is 0 Å². The van der Waals surface area contributed by atoms with Crippen LogP contribution in [0.4, 0.5) is 0 Å². The van der Waals surface area contributed by atoms with Crippen LogP contribution in [0.2, 0.25) is 10.0 Å².